The van der Waals surface area contributed by atoms with Crippen LogP contribution in [0.25, 0.3) is 0 Å². The molecule has 176 valence electrons. The fourth-order valence-corrected chi connectivity index (χ4v) is 3.06. The van der Waals surface area contributed by atoms with Gasteiger partial charge >= 0.3 is 18.5 Å². The second-order valence-electron chi connectivity index (χ2n) is 7.16. The highest BCUT2D eigenvalue weighted by molar-refractivity contribution is 9.10. The number of ether oxygens (including phenoxy) is 4. The van der Waals surface area contributed by atoms with Crippen LogP contribution in [0.5, 0.6) is 23.0 Å². The Balaban J connectivity index is 2.64. The topological polar surface area (TPSA) is 54.0 Å². The zero-order chi connectivity index (χ0) is 27.0. The molecule has 0 aromatic heterocycles. The van der Waals surface area contributed by atoms with Gasteiger partial charge in [-0.1, -0.05) is 0 Å². The predicted molar refractivity (Wildman–Crippen MR) is 104 cm³/mol. The third-order valence-electron chi connectivity index (χ3n) is 3.49. The minimum absolute atomic E-state index is 0.529. The van der Waals surface area contributed by atoms with E-state index in [1.165, 1.54) is 20.8 Å². The molecule has 5 nitrogen and oxygen atoms in total. The van der Waals surface area contributed by atoms with Crippen LogP contribution < -0.4 is 14.2 Å². The molecule has 2 aromatic rings. The number of esters is 1. The van der Waals surface area contributed by atoms with E-state index in [2.05, 4.69) is 25.4 Å². The SMILES string of the molecule is [2H]C([2H])([2H])Oc1cc(OC(F)(F)F)ccc1Oc1ccc(C(F)(F)F)c(Br)c1C(=O)OC(C)(C)C. The Morgan fingerprint density at radius 3 is 2.12 bits per heavy atom. The van der Waals surface area contributed by atoms with Gasteiger partial charge in [0.25, 0.3) is 0 Å². The van der Waals surface area contributed by atoms with Crippen LogP contribution in [-0.4, -0.2) is 25.0 Å². The minimum Gasteiger partial charge on any atom is -0.493 e. The van der Waals surface area contributed by atoms with Crippen molar-refractivity contribution in [2.75, 3.05) is 7.04 Å². The molecule has 0 bridgehead atoms. The zero-order valence-electron chi connectivity index (χ0n) is 19.6. The number of alkyl halides is 6. The van der Waals surface area contributed by atoms with Crippen LogP contribution in [-0.2, 0) is 10.9 Å². The first-order chi connectivity index (χ1) is 15.7. The van der Waals surface area contributed by atoms with Gasteiger partial charge in [0.2, 0.25) is 0 Å². The Kier molecular flexibility index (Phi) is 6.03. The van der Waals surface area contributed by atoms with E-state index in [0.29, 0.717) is 12.1 Å². The second kappa shape index (κ2) is 9.08. The average Bonchev–Trinajstić information content (AvgIpc) is 2.58. The molecule has 0 spiro atoms. The number of hydrogen-bond acceptors (Lipinski definition) is 5. The molecule has 0 aliphatic heterocycles. The van der Waals surface area contributed by atoms with Crippen LogP contribution in [0.2, 0.25) is 0 Å². The van der Waals surface area contributed by atoms with Gasteiger partial charge in [-0.2, -0.15) is 13.2 Å². The molecule has 32 heavy (non-hydrogen) atoms. The van der Waals surface area contributed by atoms with Crippen molar-refractivity contribution in [3.8, 4) is 23.0 Å². The summed E-state index contributed by atoms with van der Waals surface area (Å²) >= 11 is 2.73. The summed E-state index contributed by atoms with van der Waals surface area (Å²) in [5.41, 5.74) is -3.06. The summed E-state index contributed by atoms with van der Waals surface area (Å²) < 4.78 is 118. The van der Waals surface area contributed by atoms with Crippen molar-refractivity contribution in [1.29, 1.82) is 0 Å². The summed E-state index contributed by atoms with van der Waals surface area (Å²) in [4.78, 5) is 12.7. The van der Waals surface area contributed by atoms with Gasteiger partial charge in [0.15, 0.2) is 11.5 Å². The van der Waals surface area contributed by atoms with E-state index in [0.717, 1.165) is 18.2 Å². The van der Waals surface area contributed by atoms with Crippen molar-refractivity contribution in [3.05, 3.63) is 45.9 Å². The van der Waals surface area contributed by atoms with Crippen LogP contribution in [0.3, 0.4) is 0 Å². The van der Waals surface area contributed by atoms with Gasteiger partial charge in [-0.15, -0.1) is 13.2 Å². The average molecular weight is 534 g/mol. The molecular weight excluding hydrogens is 514 g/mol. The molecule has 0 unspecified atom stereocenters. The van der Waals surface area contributed by atoms with Gasteiger partial charge in [-0.25, -0.2) is 4.79 Å². The number of carbonyl (C=O) groups excluding carboxylic acids is 1. The number of methoxy groups -OCH3 is 1. The van der Waals surface area contributed by atoms with Gasteiger partial charge in [-0.3, -0.25) is 0 Å². The fraction of sp³-hybridized carbons (Fsp3) is 0.350. The number of halogens is 7. The van der Waals surface area contributed by atoms with Crippen LogP contribution in [0.4, 0.5) is 26.3 Å². The lowest BCUT2D eigenvalue weighted by Crippen LogP contribution is -2.25. The number of rotatable bonds is 5. The summed E-state index contributed by atoms with van der Waals surface area (Å²) in [7, 11) is -3.15. The molecule has 0 amide bonds. The van der Waals surface area contributed by atoms with E-state index in [1.807, 2.05) is 0 Å². The first-order valence-electron chi connectivity index (χ1n) is 10.1. The van der Waals surface area contributed by atoms with Crippen LogP contribution in [0, 0.1) is 0 Å². The third-order valence-corrected chi connectivity index (χ3v) is 4.31. The van der Waals surface area contributed by atoms with Gasteiger partial charge in [0, 0.05) is 10.5 Å². The molecule has 0 radical (unpaired) electrons. The number of benzene rings is 2. The van der Waals surface area contributed by atoms with Crippen molar-refractivity contribution < 1.29 is 54.2 Å². The van der Waals surface area contributed by atoms with E-state index < -0.39 is 69.7 Å². The molecule has 0 fully saturated rings. The van der Waals surface area contributed by atoms with Crippen molar-refractivity contribution in [3.63, 3.8) is 0 Å². The van der Waals surface area contributed by atoms with E-state index in [1.54, 1.807) is 0 Å². The van der Waals surface area contributed by atoms with E-state index >= 15 is 0 Å². The summed E-state index contributed by atoms with van der Waals surface area (Å²) in [6.07, 6.45) is -9.98. The molecule has 2 rings (SSSR count). The van der Waals surface area contributed by atoms with E-state index in [4.69, 9.17) is 13.6 Å². The summed E-state index contributed by atoms with van der Waals surface area (Å²) in [6, 6.07) is 3.49. The Labute approximate surface area is 191 Å². The lowest BCUT2D eigenvalue weighted by molar-refractivity contribution is -0.274. The maximum atomic E-state index is 13.4. The molecule has 0 aliphatic carbocycles. The second-order valence-corrected chi connectivity index (χ2v) is 7.95. The molecular formula is C20H17BrF6O5. The quantitative estimate of drug-likeness (QED) is 0.302. The molecule has 2 aromatic carbocycles. The normalized spacial score (nSPS) is 14.1. The Morgan fingerprint density at radius 1 is 0.969 bits per heavy atom. The Hall–Kier alpha value is -2.63. The van der Waals surface area contributed by atoms with Crippen LogP contribution in [0.1, 0.15) is 40.8 Å². The summed E-state index contributed by atoms with van der Waals surface area (Å²) in [6.45, 7) is 4.40. The Morgan fingerprint density at radius 2 is 1.59 bits per heavy atom. The molecule has 12 heteroatoms. The molecule has 0 saturated carbocycles. The lowest BCUT2D eigenvalue weighted by Gasteiger charge is -2.22. The van der Waals surface area contributed by atoms with Gasteiger partial charge in [0.1, 0.15) is 22.7 Å². The zero-order valence-corrected chi connectivity index (χ0v) is 18.2. The van der Waals surface area contributed by atoms with E-state index in [-0.39, 0.29) is 0 Å². The lowest BCUT2D eigenvalue weighted by atomic mass is 10.1. The summed E-state index contributed by atoms with van der Waals surface area (Å²) in [5, 5.41) is 0. The Bertz CT molecular complexity index is 1090. The summed E-state index contributed by atoms with van der Waals surface area (Å²) in [5.74, 6) is -3.91. The maximum Gasteiger partial charge on any atom is 0.573 e. The third kappa shape index (κ3) is 6.68. The molecule has 0 heterocycles. The smallest absolute Gasteiger partial charge is 0.493 e. The van der Waals surface area contributed by atoms with Crippen molar-refractivity contribution in [2.24, 2.45) is 0 Å². The highest BCUT2D eigenvalue weighted by atomic mass is 79.9. The van der Waals surface area contributed by atoms with Gasteiger partial charge in [0.05, 0.1) is 16.7 Å². The molecule has 0 atom stereocenters. The fourth-order valence-electron chi connectivity index (χ4n) is 2.35. The molecule has 0 aliphatic rings. The molecule has 0 saturated heterocycles. The standard InChI is InChI=1S/C20H17BrF6O5/c1-18(2,3)32-17(28)15-13(8-6-11(16(15)21)19(22,23)24)30-12-7-5-10(9-14(12)29-4)31-20(25,26)27/h5-9H,1-4H3/i4D3. The largest absolute Gasteiger partial charge is 0.573 e. The number of hydrogen-bond donors (Lipinski definition) is 0. The van der Waals surface area contributed by atoms with Gasteiger partial charge < -0.3 is 18.9 Å². The van der Waals surface area contributed by atoms with Crippen LogP contribution in [0.15, 0.2) is 34.8 Å². The van der Waals surface area contributed by atoms with Crippen molar-refractivity contribution in [1.82, 2.24) is 0 Å². The maximum absolute atomic E-state index is 13.4. The highest BCUT2D eigenvalue weighted by Crippen LogP contribution is 2.43. The predicted octanol–water partition coefficient (Wildman–Crippen LogP) is 7.12. The molecule has 0 N–H and O–H groups in total. The van der Waals surface area contributed by atoms with Gasteiger partial charge in [-0.05, 0) is 61.0 Å². The van der Waals surface area contributed by atoms with Crippen LogP contribution >= 0.6 is 15.9 Å². The van der Waals surface area contributed by atoms with E-state index in [9.17, 15) is 31.1 Å². The van der Waals surface area contributed by atoms with Crippen molar-refractivity contribution >= 4 is 21.9 Å². The first-order valence-corrected chi connectivity index (χ1v) is 9.35. The monoisotopic (exact) mass is 533 g/mol. The minimum atomic E-state index is -5.11. The first kappa shape index (κ1) is 21.2. The van der Waals surface area contributed by atoms with Crippen molar-refractivity contribution in [2.45, 2.75) is 38.9 Å². The number of carbonyl (C=O) groups is 1. The highest BCUT2D eigenvalue weighted by Gasteiger charge is 2.37.